The maximum Gasteiger partial charge on any atom is 0.331 e. The highest BCUT2D eigenvalue weighted by atomic mass is 16.4. The zero-order valence-electron chi connectivity index (χ0n) is 10.2. The molecule has 0 aliphatic carbocycles. The quantitative estimate of drug-likeness (QED) is 0.815. The van der Waals surface area contributed by atoms with Crippen molar-refractivity contribution in [3.8, 4) is 5.75 Å². The third-order valence-corrected chi connectivity index (χ3v) is 2.93. The summed E-state index contributed by atoms with van der Waals surface area (Å²) in [4.78, 5) is 11.0. The lowest BCUT2D eigenvalue weighted by molar-refractivity contribution is -0.132. The highest BCUT2D eigenvalue weighted by molar-refractivity contribution is 5.95. The summed E-state index contributed by atoms with van der Waals surface area (Å²) in [5, 5.41) is 19.4. The van der Waals surface area contributed by atoms with Crippen LogP contribution < -0.4 is 0 Å². The van der Waals surface area contributed by atoms with Gasteiger partial charge in [-0.2, -0.15) is 0 Å². The molecule has 0 unspecified atom stereocenters. The third kappa shape index (κ3) is 1.97. The van der Waals surface area contributed by atoms with E-state index < -0.39 is 5.97 Å². The molecule has 94 valence electrons. The largest absolute Gasteiger partial charge is 0.507 e. The molecule has 4 nitrogen and oxygen atoms in total. The number of aliphatic carboxylic acids is 1. The minimum Gasteiger partial charge on any atom is -0.507 e. The van der Waals surface area contributed by atoms with Crippen molar-refractivity contribution in [2.75, 3.05) is 0 Å². The van der Waals surface area contributed by atoms with Crippen LogP contribution in [0.5, 0.6) is 5.75 Å². The van der Waals surface area contributed by atoms with E-state index in [0.717, 1.165) is 5.56 Å². The minimum absolute atomic E-state index is 0.141. The van der Waals surface area contributed by atoms with E-state index in [1.165, 1.54) is 6.08 Å². The Bertz CT molecular complexity index is 635. The van der Waals surface area contributed by atoms with Gasteiger partial charge in [0.15, 0.2) is 0 Å². The molecule has 0 fully saturated rings. The van der Waals surface area contributed by atoms with Gasteiger partial charge in [-0.05, 0) is 31.6 Å². The first-order valence-electron chi connectivity index (χ1n) is 5.69. The van der Waals surface area contributed by atoms with Gasteiger partial charge < -0.3 is 14.6 Å². The number of hydrogen-bond donors (Lipinski definition) is 2. The minimum atomic E-state index is -0.957. The van der Waals surface area contributed by atoms with Crippen LogP contribution in [0.25, 0.3) is 17.0 Å². The Balaban J connectivity index is 2.63. The lowest BCUT2D eigenvalue weighted by Gasteiger charge is -1.96. The summed E-state index contributed by atoms with van der Waals surface area (Å²) in [6.07, 6.45) is 1.93. The van der Waals surface area contributed by atoms with Crippen LogP contribution in [0.3, 0.4) is 0 Å². The van der Waals surface area contributed by atoms with Crippen molar-refractivity contribution in [3.63, 3.8) is 0 Å². The van der Waals surface area contributed by atoms with Crippen LogP contribution in [0.15, 0.2) is 28.2 Å². The van der Waals surface area contributed by atoms with Crippen molar-refractivity contribution in [2.45, 2.75) is 20.3 Å². The number of benzene rings is 1. The molecule has 4 heteroatoms. The van der Waals surface area contributed by atoms with Crippen LogP contribution in [0.4, 0.5) is 0 Å². The number of fused-ring (bicyclic) bond motifs is 1. The molecule has 0 aliphatic heterocycles. The van der Waals surface area contributed by atoms with E-state index in [1.807, 2.05) is 0 Å². The van der Waals surface area contributed by atoms with Crippen molar-refractivity contribution in [2.24, 2.45) is 0 Å². The van der Waals surface area contributed by atoms with Gasteiger partial charge in [-0.3, -0.25) is 0 Å². The van der Waals surface area contributed by atoms with Crippen LogP contribution in [0, 0.1) is 6.92 Å². The molecule has 1 aromatic heterocycles. The van der Waals surface area contributed by atoms with Gasteiger partial charge in [0.2, 0.25) is 0 Å². The lowest BCUT2D eigenvalue weighted by Crippen LogP contribution is -1.98. The summed E-state index contributed by atoms with van der Waals surface area (Å²) in [5.74, 6) is -0.339. The number of aromatic hydroxyl groups is 1. The number of phenolic OH excluding ortho intramolecular Hbond substituents is 1. The van der Waals surface area contributed by atoms with Crippen LogP contribution in [-0.2, 0) is 4.79 Å². The summed E-state index contributed by atoms with van der Waals surface area (Å²) in [6.45, 7) is 3.57. The molecule has 0 bridgehead atoms. The Hall–Kier alpha value is -2.23. The van der Waals surface area contributed by atoms with Crippen molar-refractivity contribution in [1.82, 2.24) is 0 Å². The molecular weight excluding hydrogens is 232 g/mol. The van der Waals surface area contributed by atoms with Gasteiger partial charge in [-0.1, -0.05) is 13.0 Å². The molecule has 0 saturated heterocycles. The predicted octanol–water partition coefficient (Wildman–Crippen LogP) is 3.32. The zero-order chi connectivity index (χ0) is 13.3. The summed E-state index contributed by atoms with van der Waals surface area (Å²) in [5.41, 5.74) is 1.58. The second kappa shape index (κ2) is 4.56. The van der Waals surface area contributed by atoms with Gasteiger partial charge >= 0.3 is 5.97 Å². The SMILES string of the molecule is CCC(=Cc1oc2cccc(O)c2c1C)C(=O)O. The zero-order valence-corrected chi connectivity index (χ0v) is 10.2. The van der Waals surface area contributed by atoms with E-state index in [2.05, 4.69) is 0 Å². The molecule has 0 atom stereocenters. The van der Waals surface area contributed by atoms with E-state index in [0.29, 0.717) is 23.2 Å². The third-order valence-electron chi connectivity index (χ3n) is 2.93. The highest BCUT2D eigenvalue weighted by Gasteiger charge is 2.14. The van der Waals surface area contributed by atoms with E-state index in [-0.39, 0.29) is 11.3 Å². The normalized spacial score (nSPS) is 12.0. The topological polar surface area (TPSA) is 70.7 Å². The summed E-state index contributed by atoms with van der Waals surface area (Å²) in [6, 6.07) is 5.01. The number of phenols is 1. The van der Waals surface area contributed by atoms with Gasteiger partial charge in [0.1, 0.15) is 17.1 Å². The first-order chi connectivity index (χ1) is 8.54. The van der Waals surface area contributed by atoms with Crippen LogP contribution in [-0.4, -0.2) is 16.2 Å². The van der Waals surface area contributed by atoms with Gasteiger partial charge in [-0.25, -0.2) is 4.79 Å². The molecule has 2 aromatic rings. The molecule has 0 saturated carbocycles. The van der Waals surface area contributed by atoms with Crippen LogP contribution in [0.2, 0.25) is 0 Å². The first-order valence-corrected chi connectivity index (χ1v) is 5.69. The summed E-state index contributed by atoms with van der Waals surface area (Å²) in [7, 11) is 0. The molecule has 2 rings (SSSR count). The standard InChI is InChI=1S/C14H14O4/c1-3-9(14(16)17)7-12-8(2)13-10(15)5-4-6-11(13)18-12/h4-7,15H,3H2,1-2H3,(H,16,17). The van der Waals surface area contributed by atoms with E-state index >= 15 is 0 Å². The molecule has 2 N–H and O–H groups in total. The fraction of sp³-hybridized carbons (Fsp3) is 0.214. The summed E-state index contributed by atoms with van der Waals surface area (Å²) < 4.78 is 5.56. The molecular formula is C14H14O4. The number of aryl methyl sites for hydroxylation is 1. The number of carboxylic acid groups (broad SMARTS) is 1. The molecule has 1 aromatic carbocycles. The van der Waals surface area contributed by atoms with Crippen molar-refractivity contribution < 1.29 is 19.4 Å². The number of carboxylic acids is 1. The van der Waals surface area contributed by atoms with E-state index in [4.69, 9.17) is 9.52 Å². The molecule has 18 heavy (non-hydrogen) atoms. The molecule has 1 heterocycles. The second-order valence-electron chi connectivity index (χ2n) is 4.07. The molecule has 0 spiro atoms. The first kappa shape index (κ1) is 12.2. The fourth-order valence-electron chi connectivity index (χ4n) is 1.91. The maximum atomic E-state index is 11.0. The fourth-order valence-corrected chi connectivity index (χ4v) is 1.91. The van der Waals surface area contributed by atoms with Gasteiger partial charge in [0, 0.05) is 11.1 Å². The molecule has 0 amide bonds. The second-order valence-corrected chi connectivity index (χ2v) is 4.07. The Morgan fingerprint density at radius 3 is 2.72 bits per heavy atom. The maximum absolute atomic E-state index is 11.0. The summed E-state index contributed by atoms with van der Waals surface area (Å²) >= 11 is 0. The Labute approximate surface area is 104 Å². The lowest BCUT2D eigenvalue weighted by atomic mass is 10.1. The monoisotopic (exact) mass is 246 g/mol. The highest BCUT2D eigenvalue weighted by Crippen LogP contribution is 2.33. The molecule has 0 radical (unpaired) electrons. The Morgan fingerprint density at radius 2 is 2.17 bits per heavy atom. The number of rotatable bonds is 3. The number of furan rings is 1. The van der Waals surface area contributed by atoms with Gasteiger partial charge in [0.05, 0.1) is 5.39 Å². The van der Waals surface area contributed by atoms with Crippen molar-refractivity contribution >= 4 is 23.0 Å². The predicted molar refractivity (Wildman–Crippen MR) is 68.5 cm³/mol. The number of carbonyl (C=O) groups is 1. The smallest absolute Gasteiger partial charge is 0.331 e. The van der Waals surface area contributed by atoms with Crippen LogP contribution >= 0.6 is 0 Å². The van der Waals surface area contributed by atoms with Crippen molar-refractivity contribution in [3.05, 3.63) is 35.1 Å². The van der Waals surface area contributed by atoms with E-state index in [9.17, 15) is 9.90 Å². The molecule has 0 aliphatic rings. The van der Waals surface area contributed by atoms with Crippen molar-refractivity contribution in [1.29, 1.82) is 0 Å². The van der Waals surface area contributed by atoms with Gasteiger partial charge in [-0.15, -0.1) is 0 Å². The van der Waals surface area contributed by atoms with Crippen LogP contribution in [0.1, 0.15) is 24.7 Å². The average molecular weight is 246 g/mol. The van der Waals surface area contributed by atoms with Gasteiger partial charge in [0.25, 0.3) is 0 Å². The number of hydrogen-bond acceptors (Lipinski definition) is 3. The Morgan fingerprint density at radius 1 is 1.44 bits per heavy atom. The van der Waals surface area contributed by atoms with E-state index in [1.54, 1.807) is 32.0 Å². The Kier molecular flexibility index (Phi) is 3.10. The average Bonchev–Trinajstić information content (AvgIpc) is 2.64.